The summed E-state index contributed by atoms with van der Waals surface area (Å²) >= 11 is 1.88. The van der Waals surface area contributed by atoms with Crippen molar-refractivity contribution in [1.82, 2.24) is 9.80 Å². The highest BCUT2D eigenvalue weighted by atomic mass is 32.2. The SMILES string of the molecule is O=C(C(c1ccccc1)c1ccccc1)N1CCC2(CC1)SCCN2C(=O)c1ccccc1. The molecule has 33 heavy (non-hydrogen) atoms. The number of likely N-dealkylation sites (tertiary alicyclic amines) is 1. The second-order valence-corrected chi connectivity index (χ2v) is 10.2. The predicted molar refractivity (Wildman–Crippen MR) is 133 cm³/mol. The van der Waals surface area contributed by atoms with Crippen LogP contribution in [0.4, 0.5) is 0 Å². The summed E-state index contributed by atoms with van der Waals surface area (Å²) in [6.45, 7) is 2.10. The van der Waals surface area contributed by atoms with E-state index < -0.39 is 0 Å². The van der Waals surface area contributed by atoms with Gasteiger partial charge in [0.15, 0.2) is 0 Å². The van der Waals surface area contributed by atoms with Crippen molar-refractivity contribution in [2.75, 3.05) is 25.4 Å². The van der Waals surface area contributed by atoms with Crippen molar-refractivity contribution in [1.29, 1.82) is 0 Å². The van der Waals surface area contributed by atoms with E-state index in [1.807, 2.05) is 108 Å². The molecule has 2 aliphatic heterocycles. The van der Waals surface area contributed by atoms with Gasteiger partial charge in [-0.2, -0.15) is 0 Å². The lowest BCUT2D eigenvalue weighted by Gasteiger charge is -2.44. The van der Waals surface area contributed by atoms with Gasteiger partial charge in [-0.05, 0) is 36.1 Å². The molecule has 0 bridgehead atoms. The molecule has 168 valence electrons. The molecule has 0 radical (unpaired) electrons. The smallest absolute Gasteiger partial charge is 0.254 e. The Hall–Kier alpha value is -3.05. The van der Waals surface area contributed by atoms with Crippen LogP contribution < -0.4 is 0 Å². The van der Waals surface area contributed by atoms with E-state index >= 15 is 0 Å². The number of thioether (sulfide) groups is 1. The van der Waals surface area contributed by atoms with E-state index in [-0.39, 0.29) is 22.6 Å². The summed E-state index contributed by atoms with van der Waals surface area (Å²) in [5, 5.41) is 0. The molecule has 3 aromatic carbocycles. The van der Waals surface area contributed by atoms with Crippen LogP contribution in [0, 0.1) is 0 Å². The topological polar surface area (TPSA) is 40.6 Å². The van der Waals surface area contributed by atoms with E-state index in [0.29, 0.717) is 13.1 Å². The number of piperidine rings is 1. The Morgan fingerprint density at radius 3 is 1.79 bits per heavy atom. The maximum atomic E-state index is 13.8. The quantitative estimate of drug-likeness (QED) is 0.553. The lowest BCUT2D eigenvalue weighted by Crippen LogP contribution is -2.54. The predicted octanol–water partition coefficient (Wildman–Crippen LogP) is 5.03. The molecule has 0 N–H and O–H groups in total. The molecular weight excluding hydrogens is 428 g/mol. The molecule has 0 unspecified atom stereocenters. The molecule has 2 amide bonds. The molecule has 0 saturated carbocycles. The zero-order valence-corrected chi connectivity index (χ0v) is 19.4. The van der Waals surface area contributed by atoms with Crippen LogP contribution in [-0.4, -0.2) is 51.9 Å². The van der Waals surface area contributed by atoms with Gasteiger partial charge in [-0.1, -0.05) is 78.9 Å². The minimum absolute atomic E-state index is 0.104. The van der Waals surface area contributed by atoms with E-state index in [2.05, 4.69) is 4.90 Å². The van der Waals surface area contributed by atoms with Crippen molar-refractivity contribution < 1.29 is 9.59 Å². The first-order chi connectivity index (χ1) is 16.2. The molecule has 0 aromatic heterocycles. The van der Waals surface area contributed by atoms with Crippen LogP contribution >= 0.6 is 11.8 Å². The fourth-order valence-electron chi connectivity index (χ4n) is 5.07. The maximum absolute atomic E-state index is 13.8. The Bertz CT molecular complexity index is 1060. The van der Waals surface area contributed by atoms with Gasteiger partial charge in [0.2, 0.25) is 5.91 Å². The fraction of sp³-hybridized carbons (Fsp3) is 0.286. The monoisotopic (exact) mass is 456 g/mol. The Labute approximate surface area is 199 Å². The summed E-state index contributed by atoms with van der Waals surface area (Å²) in [4.78, 5) is 30.9. The van der Waals surface area contributed by atoms with Gasteiger partial charge in [-0.15, -0.1) is 11.8 Å². The molecule has 1 spiro atoms. The van der Waals surface area contributed by atoms with E-state index in [4.69, 9.17) is 0 Å². The number of rotatable bonds is 4. The van der Waals surface area contributed by atoms with Crippen LogP contribution in [0.3, 0.4) is 0 Å². The summed E-state index contributed by atoms with van der Waals surface area (Å²) in [5.41, 5.74) is 2.78. The summed E-state index contributed by atoms with van der Waals surface area (Å²) in [7, 11) is 0. The molecule has 0 atom stereocenters. The fourth-order valence-corrected chi connectivity index (χ4v) is 6.53. The average Bonchev–Trinajstić information content (AvgIpc) is 3.28. The molecule has 2 heterocycles. The molecule has 2 saturated heterocycles. The summed E-state index contributed by atoms with van der Waals surface area (Å²) in [6, 6.07) is 29.6. The third-order valence-corrected chi connectivity index (χ3v) is 8.37. The van der Waals surface area contributed by atoms with Gasteiger partial charge < -0.3 is 9.80 Å². The number of nitrogens with zero attached hydrogens (tertiary/aromatic N) is 2. The molecule has 4 nitrogen and oxygen atoms in total. The first-order valence-electron chi connectivity index (χ1n) is 11.6. The molecule has 3 aromatic rings. The van der Waals surface area contributed by atoms with Crippen molar-refractivity contribution in [3.05, 3.63) is 108 Å². The molecule has 5 rings (SSSR count). The van der Waals surface area contributed by atoms with Gasteiger partial charge >= 0.3 is 0 Å². The van der Waals surface area contributed by atoms with E-state index in [1.54, 1.807) is 0 Å². The summed E-state index contributed by atoms with van der Waals surface area (Å²) in [5.74, 6) is 0.890. The van der Waals surface area contributed by atoms with Crippen LogP contribution in [0.15, 0.2) is 91.0 Å². The van der Waals surface area contributed by atoms with E-state index in [9.17, 15) is 9.59 Å². The third kappa shape index (κ3) is 4.30. The van der Waals surface area contributed by atoms with Crippen molar-refractivity contribution in [2.45, 2.75) is 23.6 Å². The summed E-state index contributed by atoms with van der Waals surface area (Å²) < 4.78 is 0. The van der Waals surface area contributed by atoms with Gasteiger partial charge in [-0.25, -0.2) is 0 Å². The minimum Gasteiger partial charge on any atom is -0.342 e. The number of carbonyl (C=O) groups excluding carboxylic acids is 2. The van der Waals surface area contributed by atoms with Crippen molar-refractivity contribution >= 4 is 23.6 Å². The molecule has 5 heteroatoms. The second-order valence-electron chi connectivity index (χ2n) is 8.70. The summed E-state index contributed by atoms with van der Waals surface area (Å²) in [6.07, 6.45) is 1.61. The highest BCUT2D eigenvalue weighted by molar-refractivity contribution is 8.00. The molecule has 0 aliphatic carbocycles. The molecular formula is C28H28N2O2S. The van der Waals surface area contributed by atoms with Gasteiger partial charge in [0, 0.05) is 31.0 Å². The van der Waals surface area contributed by atoms with Gasteiger partial charge in [0.1, 0.15) is 0 Å². The highest BCUT2D eigenvalue weighted by Crippen LogP contribution is 2.45. The lowest BCUT2D eigenvalue weighted by molar-refractivity contribution is -0.133. The minimum atomic E-state index is -0.306. The Morgan fingerprint density at radius 1 is 0.727 bits per heavy atom. The highest BCUT2D eigenvalue weighted by Gasteiger charge is 2.47. The van der Waals surface area contributed by atoms with Crippen molar-refractivity contribution in [3.8, 4) is 0 Å². The normalized spacial score (nSPS) is 17.5. The van der Waals surface area contributed by atoms with Crippen molar-refractivity contribution in [3.63, 3.8) is 0 Å². The van der Waals surface area contributed by atoms with E-state index in [0.717, 1.165) is 41.8 Å². The van der Waals surface area contributed by atoms with E-state index in [1.165, 1.54) is 0 Å². The largest absolute Gasteiger partial charge is 0.342 e. The van der Waals surface area contributed by atoms with Crippen molar-refractivity contribution in [2.24, 2.45) is 0 Å². The van der Waals surface area contributed by atoms with Crippen LogP contribution in [0.5, 0.6) is 0 Å². The van der Waals surface area contributed by atoms with Gasteiger partial charge in [0.05, 0.1) is 10.8 Å². The van der Waals surface area contributed by atoms with Gasteiger partial charge in [-0.3, -0.25) is 9.59 Å². The zero-order chi connectivity index (χ0) is 22.7. The average molecular weight is 457 g/mol. The lowest BCUT2D eigenvalue weighted by atomic mass is 9.89. The number of carbonyl (C=O) groups is 2. The second kappa shape index (κ2) is 9.44. The standard InChI is InChI=1S/C28H28N2O2S/c31-26(24-14-8-3-9-15-24)30-20-21-33-28(30)16-18-29(19-17-28)27(32)25(22-10-4-1-5-11-22)23-12-6-2-7-13-23/h1-15,25H,16-21H2. The van der Waals surface area contributed by atoms with Crippen LogP contribution in [0.1, 0.15) is 40.2 Å². The number of benzene rings is 3. The number of hydrogen-bond donors (Lipinski definition) is 0. The van der Waals surface area contributed by atoms with Crippen LogP contribution in [-0.2, 0) is 4.79 Å². The Kier molecular flexibility index (Phi) is 6.23. The first-order valence-corrected chi connectivity index (χ1v) is 12.6. The third-order valence-electron chi connectivity index (χ3n) is 6.81. The Balaban J connectivity index is 1.34. The molecule has 2 fully saturated rings. The number of hydrogen-bond acceptors (Lipinski definition) is 3. The van der Waals surface area contributed by atoms with Crippen LogP contribution in [0.2, 0.25) is 0 Å². The molecule has 2 aliphatic rings. The van der Waals surface area contributed by atoms with Crippen LogP contribution in [0.25, 0.3) is 0 Å². The first kappa shape index (κ1) is 21.8. The number of amides is 2. The Morgan fingerprint density at radius 2 is 1.24 bits per heavy atom. The zero-order valence-electron chi connectivity index (χ0n) is 18.6. The maximum Gasteiger partial charge on any atom is 0.254 e. The van der Waals surface area contributed by atoms with Gasteiger partial charge in [0.25, 0.3) is 5.91 Å².